The average Bonchev–Trinajstić information content (AvgIpc) is 3.19. The summed E-state index contributed by atoms with van der Waals surface area (Å²) < 4.78 is 48.6. The number of aliphatic carboxylic acids is 1. The number of carboxylic acids is 1. The van der Waals surface area contributed by atoms with E-state index in [-0.39, 0.29) is 20.6 Å². The van der Waals surface area contributed by atoms with Crippen LogP contribution in [-0.2, 0) is 20.4 Å². The van der Waals surface area contributed by atoms with Crippen molar-refractivity contribution in [3.05, 3.63) is 39.9 Å². The Balaban J connectivity index is 2.10. The highest BCUT2D eigenvalue weighted by Gasteiger charge is 2.31. The SMILES string of the molecule is CC(N/N=C(/C#N)C(=N)c1nc(-c2cccc(C(F)(F)F)c2)sc1Cl)OC(=O)OCC(C)(C)C(=O)O. The molecule has 1 atom stereocenters. The second kappa shape index (κ2) is 11.4. The van der Waals surface area contributed by atoms with E-state index >= 15 is 0 Å². The maximum atomic E-state index is 13.0. The summed E-state index contributed by atoms with van der Waals surface area (Å²) in [5.74, 6) is -1.18. The number of carboxylic acid groups (broad SMARTS) is 1. The minimum Gasteiger partial charge on any atom is -0.481 e. The van der Waals surface area contributed by atoms with Gasteiger partial charge in [0, 0.05) is 5.56 Å². The Morgan fingerprint density at radius 1 is 1.39 bits per heavy atom. The number of rotatable bonds is 9. The lowest BCUT2D eigenvalue weighted by Crippen LogP contribution is -2.33. The highest BCUT2D eigenvalue weighted by molar-refractivity contribution is 7.19. The van der Waals surface area contributed by atoms with Gasteiger partial charge in [0.2, 0.25) is 0 Å². The standard InChI is InChI=1S/C21H19ClF3N5O5S/c1-10(35-19(33)34-9-20(2,3)18(31)32)29-30-13(8-26)14(27)15-16(22)36-17(28-15)11-5-4-6-12(7-11)21(23,24)25/h4-7,10,27,29H,9H2,1-3H3,(H,31,32)/b27-14?,30-13-. The first kappa shape index (κ1) is 28.5. The van der Waals surface area contributed by atoms with E-state index in [1.165, 1.54) is 32.9 Å². The third-order valence-electron chi connectivity index (χ3n) is 4.36. The number of nitriles is 1. The fourth-order valence-electron chi connectivity index (χ4n) is 2.32. The number of nitrogens with one attached hydrogen (secondary N) is 2. The van der Waals surface area contributed by atoms with Crippen LogP contribution in [0, 0.1) is 22.2 Å². The summed E-state index contributed by atoms with van der Waals surface area (Å²) in [6, 6.07) is 6.05. The van der Waals surface area contributed by atoms with Crippen molar-refractivity contribution in [3.63, 3.8) is 0 Å². The molecule has 0 fully saturated rings. The number of hydrazone groups is 1. The summed E-state index contributed by atoms with van der Waals surface area (Å²) in [5, 5.41) is 30.4. The van der Waals surface area contributed by atoms with Crippen molar-refractivity contribution < 1.29 is 37.3 Å². The molecule has 0 saturated carbocycles. The Morgan fingerprint density at radius 2 is 2.06 bits per heavy atom. The van der Waals surface area contributed by atoms with Crippen molar-refractivity contribution in [2.45, 2.75) is 33.2 Å². The molecule has 0 amide bonds. The Hall–Kier alpha value is -3.70. The second-order valence-electron chi connectivity index (χ2n) is 7.78. The van der Waals surface area contributed by atoms with Crippen molar-refractivity contribution in [2.24, 2.45) is 10.5 Å². The number of nitrogens with zero attached hydrogens (tertiary/aromatic N) is 3. The Kier molecular flexibility index (Phi) is 9.00. The lowest BCUT2D eigenvalue weighted by Gasteiger charge is -2.19. The molecule has 3 N–H and O–H groups in total. The van der Waals surface area contributed by atoms with Crippen LogP contribution in [0.5, 0.6) is 0 Å². The van der Waals surface area contributed by atoms with Gasteiger partial charge in [0.05, 0.1) is 11.0 Å². The molecule has 10 nitrogen and oxygen atoms in total. The molecule has 1 heterocycles. The number of alkyl halides is 3. The number of hydrogen-bond acceptors (Lipinski definition) is 10. The maximum absolute atomic E-state index is 13.0. The number of thiazole rings is 1. The molecule has 0 radical (unpaired) electrons. The molecule has 0 spiro atoms. The highest BCUT2D eigenvalue weighted by atomic mass is 35.5. The van der Waals surface area contributed by atoms with Gasteiger partial charge in [0.25, 0.3) is 0 Å². The van der Waals surface area contributed by atoms with Gasteiger partial charge in [0.1, 0.15) is 33.4 Å². The molecule has 0 aliphatic carbocycles. The zero-order valence-electron chi connectivity index (χ0n) is 18.9. The van der Waals surface area contributed by atoms with Gasteiger partial charge in [-0.25, -0.2) is 9.78 Å². The van der Waals surface area contributed by atoms with Crippen LogP contribution < -0.4 is 5.43 Å². The van der Waals surface area contributed by atoms with Crippen LogP contribution in [0.25, 0.3) is 10.6 Å². The minimum absolute atomic E-state index is 0.0516. The van der Waals surface area contributed by atoms with E-state index in [1.54, 1.807) is 6.07 Å². The first-order valence-corrected chi connectivity index (χ1v) is 11.1. The summed E-state index contributed by atoms with van der Waals surface area (Å²) in [6.45, 7) is 3.57. The summed E-state index contributed by atoms with van der Waals surface area (Å²) in [4.78, 5) is 26.9. The number of aromatic nitrogens is 1. The van der Waals surface area contributed by atoms with Gasteiger partial charge in [0.15, 0.2) is 11.9 Å². The van der Waals surface area contributed by atoms with E-state index in [1.807, 2.05) is 0 Å². The molecular weight excluding hydrogens is 527 g/mol. The first-order valence-electron chi connectivity index (χ1n) is 9.89. The smallest absolute Gasteiger partial charge is 0.481 e. The van der Waals surface area contributed by atoms with Crippen LogP contribution in [0.15, 0.2) is 29.4 Å². The largest absolute Gasteiger partial charge is 0.510 e. The molecule has 0 aliphatic rings. The molecule has 2 rings (SSSR count). The number of ether oxygens (including phenoxy) is 2. The fourth-order valence-corrected chi connectivity index (χ4v) is 3.47. The summed E-state index contributed by atoms with van der Waals surface area (Å²) in [5.41, 5.74) is -1.00. The lowest BCUT2D eigenvalue weighted by molar-refractivity contribution is -0.149. The van der Waals surface area contributed by atoms with Gasteiger partial charge in [-0.3, -0.25) is 15.6 Å². The van der Waals surface area contributed by atoms with Gasteiger partial charge in [-0.05, 0) is 32.9 Å². The molecule has 1 unspecified atom stereocenters. The van der Waals surface area contributed by atoms with Crippen molar-refractivity contribution in [1.82, 2.24) is 10.4 Å². The molecule has 0 aliphatic heterocycles. The van der Waals surface area contributed by atoms with Gasteiger partial charge in [-0.2, -0.15) is 23.5 Å². The van der Waals surface area contributed by atoms with E-state index in [2.05, 4.69) is 15.5 Å². The predicted octanol–water partition coefficient (Wildman–Crippen LogP) is 4.93. The summed E-state index contributed by atoms with van der Waals surface area (Å²) in [7, 11) is 0. The van der Waals surface area contributed by atoms with Crippen LogP contribution in [0.4, 0.5) is 18.0 Å². The summed E-state index contributed by atoms with van der Waals surface area (Å²) >= 11 is 6.95. The lowest BCUT2D eigenvalue weighted by atomic mass is 9.95. The predicted molar refractivity (Wildman–Crippen MR) is 124 cm³/mol. The maximum Gasteiger partial charge on any atom is 0.510 e. The molecule has 0 bridgehead atoms. The van der Waals surface area contributed by atoms with Crippen LogP contribution in [0.2, 0.25) is 4.34 Å². The molecule has 2 aromatic rings. The molecule has 1 aromatic carbocycles. The average molecular weight is 546 g/mol. The topological polar surface area (TPSA) is 158 Å². The van der Waals surface area contributed by atoms with Crippen molar-refractivity contribution in [3.8, 4) is 16.6 Å². The molecule has 0 saturated heterocycles. The number of hydrogen-bond donors (Lipinski definition) is 3. The van der Waals surface area contributed by atoms with Crippen molar-refractivity contribution in [2.75, 3.05) is 6.61 Å². The number of halogens is 4. The Morgan fingerprint density at radius 3 is 2.64 bits per heavy atom. The summed E-state index contributed by atoms with van der Waals surface area (Å²) in [6.07, 6.45) is -6.90. The molecular formula is C21H19ClF3N5O5S. The van der Waals surface area contributed by atoms with Gasteiger partial charge in [-0.15, -0.1) is 11.3 Å². The molecule has 15 heteroatoms. The number of benzene rings is 1. The number of carbonyl (C=O) groups excluding carboxylic acids is 1. The van der Waals surface area contributed by atoms with Gasteiger partial charge in [-0.1, -0.05) is 23.7 Å². The number of carbonyl (C=O) groups is 2. The first-order chi connectivity index (χ1) is 16.7. The van der Waals surface area contributed by atoms with Crippen LogP contribution in [0.1, 0.15) is 32.0 Å². The van der Waals surface area contributed by atoms with Crippen molar-refractivity contribution >= 4 is 46.5 Å². The molecule has 1 aromatic heterocycles. The highest BCUT2D eigenvalue weighted by Crippen LogP contribution is 2.36. The quantitative estimate of drug-likeness (QED) is 0.173. The molecule has 36 heavy (non-hydrogen) atoms. The van der Waals surface area contributed by atoms with E-state index in [0.29, 0.717) is 0 Å². The minimum atomic E-state index is -4.56. The van der Waals surface area contributed by atoms with E-state index in [9.17, 15) is 28.0 Å². The monoisotopic (exact) mass is 545 g/mol. The third kappa shape index (κ3) is 7.40. The second-order valence-corrected chi connectivity index (χ2v) is 9.39. The van der Waals surface area contributed by atoms with E-state index in [4.69, 9.17) is 31.6 Å². The fraction of sp³-hybridized carbons (Fsp3) is 0.333. The van der Waals surface area contributed by atoms with Gasteiger partial charge >= 0.3 is 18.3 Å². The van der Waals surface area contributed by atoms with E-state index < -0.39 is 53.5 Å². The zero-order valence-corrected chi connectivity index (χ0v) is 20.5. The van der Waals surface area contributed by atoms with Crippen LogP contribution in [0.3, 0.4) is 0 Å². The van der Waals surface area contributed by atoms with Crippen molar-refractivity contribution in [1.29, 1.82) is 10.7 Å². The Bertz CT molecular complexity index is 1240. The van der Waals surface area contributed by atoms with Gasteiger partial charge < -0.3 is 14.6 Å². The third-order valence-corrected chi connectivity index (χ3v) is 5.67. The normalized spacial score (nSPS) is 12.9. The molecule has 192 valence electrons. The zero-order chi connectivity index (χ0) is 27.3. The Labute approximate surface area is 211 Å². The van der Waals surface area contributed by atoms with E-state index in [0.717, 1.165) is 23.5 Å². The van der Waals surface area contributed by atoms with Crippen LogP contribution >= 0.6 is 22.9 Å². The van der Waals surface area contributed by atoms with Crippen LogP contribution in [-0.4, -0.2) is 46.5 Å².